The van der Waals surface area contributed by atoms with Crippen LogP contribution in [0.4, 0.5) is 5.69 Å². The van der Waals surface area contributed by atoms with Gasteiger partial charge in [0.25, 0.3) is 11.6 Å². The van der Waals surface area contributed by atoms with E-state index in [1.54, 1.807) is 23.1 Å². The molecular formula is C22H23N3O4S2. The topological polar surface area (TPSA) is 101 Å². The van der Waals surface area contributed by atoms with Gasteiger partial charge in [-0.15, -0.1) is 11.3 Å². The van der Waals surface area contributed by atoms with Gasteiger partial charge in [-0.25, -0.2) is 0 Å². The van der Waals surface area contributed by atoms with Crippen LogP contribution in [0.3, 0.4) is 0 Å². The molecule has 0 bridgehead atoms. The molecule has 1 heterocycles. The van der Waals surface area contributed by atoms with Gasteiger partial charge in [0, 0.05) is 28.9 Å². The first-order valence-electron chi connectivity index (χ1n) is 9.76. The van der Waals surface area contributed by atoms with Crippen molar-refractivity contribution in [3.8, 4) is 0 Å². The first-order valence-corrected chi connectivity index (χ1v) is 12.0. The second-order valence-electron chi connectivity index (χ2n) is 6.91. The molecule has 3 rings (SSSR count). The van der Waals surface area contributed by atoms with Crippen LogP contribution in [0.2, 0.25) is 0 Å². The number of rotatable bonds is 10. The number of hydrogen-bond acceptors (Lipinski definition) is 6. The van der Waals surface area contributed by atoms with E-state index in [9.17, 15) is 19.7 Å². The van der Waals surface area contributed by atoms with Gasteiger partial charge in [-0.1, -0.05) is 24.3 Å². The second-order valence-corrected chi connectivity index (χ2v) is 8.81. The van der Waals surface area contributed by atoms with E-state index >= 15 is 0 Å². The Morgan fingerprint density at radius 1 is 1.19 bits per heavy atom. The molecule has 0 aliphatic heterocycles. The summed E-state index contributed by atoms with van der Waals surface area (Å²) in [4.78, 5) is 35.7. The lowest BCUT2D eigenvalue weighted by Gasteiger charge is -2.18. The summed E-state index contributed by atoms with van der Waals surface area (Å²) in [5.41, 5.74) is 1.17. The molecule has 0 spiro atoms. The van der Waals surface area contributed by atoms with E-state index in [1.807, 2.05) is 18.4 Å². The number of amides is 2. The van der Waals surface area contributed by atoms with E-state index < -0.39 is 16.9 Å². The van der Waals surface area contributed by atoms with Gasteiger partial charge in [-0.05, 0) is 53.3 Å². The number of nitro benzene ring substituents is 1. The SMILES string of the molecule is CSCCC(NC(=O)c1cccc([N+](=O)[O-])c1)C(=O)NCCc1csc2ccccc12. The third-order valence-corrected chi connectivity index (χ3v) is 6.46. The number of nitro groups is 1. The predicted octanol–water partition coefficient (Wildman–Crippen LogP) is 4.02. The van der Waals surface area contributed by atoms with Crippen molar-refractivity contribution in [2.45, 2.75) is 18.9 Å². The number of hydrogen-bond donors (Lipinski definition) is 2. The van der Waals surface area contributed by atoms with Crippen molar-refractivity contribution in [1.29, 1.82) is 0 Å². The third kappa shape index (κ3) is 6.05. The molecule has 3 aromatic rings. The predicted molar refractivity (Wildman–Crippen MR) is 126 cm³/mol. The van der Waals surface area contributed by atoms with Gasteiger partial charge in [0.05, 0.1) is 4.92 Å². The van der Waals surface area contributed by atoms with Crippen molar-refractivity contribution in [2.24, 2.45) is 0 Å². The Bertz CT molecular complexity index is 1080. The van der Waals surface area contributed by atoms with Crippen LogP contribution in [-0.2, 0) is 11.2 Å². The number of thioether (sulfide) groups is 1. The highest BCUT2D eigenvalue weighted by atomic mass is 32.2. The maximum Gasteiger partial charge on any atom is 0.270 e. The Morgan fingerprint density at radius 2 is 2.00 bits per heavy atom. The van der Waals surface area contributed by atoms with Crippen LogP contribution in [0.1, 0.15) is 22.3 Å². The van der Waals surface area contributed by atoms with Crippen LogP contribution in [0.15, 0.2) is 53.9 Å². The largest absolute Gasteiger partial charge is 0.354 e. The summed E-state index contributed by atoms with van der Waals surface area (Å²) in [6.45, 7) is 0.460. The molecule has 0 aliphatic rings. The minimum Gasteiger partial charge on any atom is -0.354 e. The van der Waals surface area contributed by atoms with Gasteiger partial charge < -0.3 is 10.6 Å². The zero-order chi connectivity index (χ0) is 22.2. The van der Waals surface area contributed by atoms with Gasteiger partial charge in [-0.3, -0.25) is 19.7 Å². The lowest BCUT2D eigenvalue weighted by Crippen LogP contribution is -2.47. The van der Waals surface area contributed by atoms with Gasteiger partial charge in [0.15, 0.2) is 0 Å². The van der Waals surface area contributed by atoms with E-state index in [2.05, 4.69) is 28.1 Å². The van der Waals surface area contributed by atoms with Crippen LogP contribution in [0, 0.1) is 10.1 Å². The third-order valence-electron chi connectivity index (χ3n) is 4.81. The van der Waals surface area contributed by atoms with Crippen molar-refractivity contribution in [1.82, 2.24) is 10.6 Å². The molecule has 2 amide bonds. The molecule has 7 nitrogen and oxygen atoms in total. The lowest BCUT2D eigenvalue weighted by atomic mass is 10.1. The lowest BCUT2D eigenvalue weighted by molar-refractivity contribution is -0.384. The quantitative estimate of drug-likeness (QED) is 0.354. The number of carbonyl (C=O) groups is 2. The van der Waals surface area contributed by atoms with Gasteiger partial charge in [0.1, 0.15) is 6.04 Å². The molecule has 162 valence electrons. The molecule has 2 N–H and O–H groups in total. The maximum atomic E-state index is 12.7. The van der Waals surface area contributed by atoms with Crippen LogP contribution in [-0.4, -0.2) is 41.3 Å². The zero-order valence-corrected chi connectivity index (χ0v) is 18.6. The number of nitrogens with zero attached hydrogens (tertiary/aromatic N) is 1. The van der Waals surface area contributed by atoms with Crippen LogP contribution >= 0.6 is 23.1 Å². The molecule has 0 fully saturated rings. The van der Waals surface area contributed by atoms with Crippen molar-refractivity contribution in [3.05, 3.63) is 75.2 Å². The van der Waals surface area contributed by atoms with E-state index in [1.165, 1.54) is 39.9 Å². The summed E-state index contributed by atoms with van der Waals surface area (Å²) in [5, 5.41) is 19.9. The molecule has 2 aromatic carbocycles. The summed E-state index contributed by atoms with van der Waals surface area (Å²) in [6, 6.07) is 12.9. The standard InChI is InChI=1S/C22H23N3O4S2/c1-30-12-10-19(24-21(26)15-5-4-6-17(13-15)25(28)29)22(27)23-11-9-16-14-31-20-8-3-2-7-18(16)20/h2-8,13-14,19H,9-12H2,1H3,(H,23,27)(H,24,26). The van der Waals surface area contributed by atoms with Crippen molar-refractivity contribution in [2.75, 3.05) is 18.6 Å². The minimum absolute atomic E-state index is 0.154. The minimum atomic E-state index is -0.710. The van der Waals surface area contributed by atoms with Crippen molar-refractivity contribution in [3.63, 3.8) is 0 Å². The molecule has 1 unspecified atom stereocenters. The first kappa shape index (κ1) is 22.8. The van der Waals surface area contributed by atoms with E-state index in [0.29, 0.717) is 25.1 Å². The van der Waals surface area contributed by atoms with Gasteiger partial charge in [0.2, 0.25) is 5.91 Å². The smallest absolute Gasteiger partial charge is 0.270 e. The summed E-state index contributed by atoms with van der Waals surface area (Å²) < 4.78 is 1.21. The molecule has 0 saturated carbocycles. The molecule has 0 saturated heterocycles. The number of fused-ring (bicyclic) bond motifs is 1. The number of nitrogens with one attached hydrogen (secondary N) is 2. The molecule has 0 radical (unpaired) electrons. The van der Waals surface area contributed by atoms with Crippen LogP contribution in [0.5, 0.6) is 0 Å². The molecule has 31 heavy (non-hydrogen) atoms. The Kier molecular flexibility index (Phi) is 8.02. The first-order chi connectivity index (χ1) is 15.0. The number of thiophene rings is 1. The Hall–Kier alpha value is -2.91. The summed E-state index contributed by atoms with van der Waals surface area (Å²) in [5.74, 6) is -0.0659. The maximum absolute atomic E-state index is 12.7. The average Bonchev–Trinajstić information content (AvgIpc) is 3.19. The Labute approximate surface area is 188 Å². The number of benzene rings is 2. The molecular weight excluding hydrogens is 434 g/mol. The summed E-state index contributed by atoms with van der Waals surface area (Å²) >= 11 is 3.26. The van der Waals surface area contributed by atoms with Crippen molar-refractivity contribution >= 4 is 50.7 Å². The molecule has 1 atom stereocenters. The fourth-order valence-electron chi connectivity index (χ4n) is 3.18. The monoisotopic (exact) mass is 457 g/mol. The van der Waals surface area contributed by atoms with E-state index in [4.69, 9.17) is 0 Å². The Balaban J connectivity index is 1.61. The van der Waals surface area contributed by atoms with Crippen LogP contribution in [0.25, 0.3) is 10.1 Å². The fraction of sp³-hybridized carbons (Fsp3) is 0.273. The second kappa shape index (κ2) is 10.9. The van der Waals surface area contributed by atoms with Gasteiger partial charge in [-0.2, -0.15) is 11.8 Å². The van der Waals surface area contributed by atoms with E-state index in [0.717, 1.165) is 0 Å². The zero-order valence-electron chi connectivity index (χ0n) is 17.0. The summed E-state index contributed by atoms with van der Waals surface area (Å²) in [6.07, 6.45) is 3.10. The summed E-state index contributed by atoms with van der Waals surface area (Å²) in [7, 11) is 0. The average molecular weight is 458 g/mol. The normalized spacial score (nSPS) is 11.8. The highest BCUT2D eigenvalue weighted by Gasteiger charge is 2.22. The van der Waals surface area contributed by atoms with Crippen molar-refractivity contribution < 1.29 is 14.5 Å². The highest BCUT2D eigenvalue weighted by molar-refractivity contribution is 7.98. The van der Waals surface area contributed by atoms with E-state index in [-0.39, 0.29) is 17.2 Å². The Morgan fingerprint density at radius 3 is 2.77 bits per heavy atom. The van der Waals surface area contributed by atoms with Gasteiger partial charge >= 0.3 is 0 Å². The molecule has 0 aliphatic carbocycles. The number of non-ortho nitro benzene ring substituents is 1. The number of carbonyl (C=O) groups excluding carboxylic acids is 2. The fourth-order valence-corrected chi connectivity index (χ4v) is 4.65. The van der Waals surface area contributed by atoms with Crippen LogP contribution < -0.4 is 10.6 Å². The molecule has 9 heteroatoms. The molecule has 1 aromatic heterocycles. The highest BCUT2D eigenvalue weighted by Crippen LogP contribution is 2.25.